The van der Waals surface area contributed by atoms with Crippen LogP contribution in [0.5, 0.6) is 11.5 Å². The summed E-state index contributed by atoms with van der Waals surface area (Å²) in [6.45, 7) is 0.344. The zero-order valence-electron chi connectivity index (χ0n) is 6.16. The van der Waals surface area contributed by atoms with E-state index in [-0.39, 0.29) is 0 Å². The van der Waals surface area contributed by atoms with Gasteiger partial charge in [-0.3, -0.25) is 0 Å². The molecule has 0 amide bonds. The van der Waals surface area contributed by atoms with E-state index >= 15 is 0 Å². The van der Waals surface area contributed by atoms with Gasteiger partial charge in [-0.05, 0) is 17.5 Å². The molecule has 1 aromatic heterocycles. The number of rotatable bonds is 0. The van der Waals surface area contributed by atoms with E-state index in [2.05, 4.69) is 5.38 Å². The Labute approximate surface area is 73.3 Å². The van der Waals surface area contributed by atoms with Gasteiger partial charge in [0.05, 0.1) is 0 Å². The number of thiophene rings is 1. The highest BCUT2D eigenvalue weighted by atomic mass is 32.1. The smallest absolute Gasteiger partial charge is 0.231 e. The fraction of sp³-hybridized carbons (Fsp3) is 0.111. The summed E-state index contributed by atoms with van der Waals surface area (Å²) in [6, 6.07) is 5.95. The Morgan fingerprint density at radius 3 is 3.00 bits per heavy atom. The fourth-order valence-electron chi connectivity index (χ4n) is 1.30. The van der Waals surface area contributed by atoms with Crippen LogP contribution in [-0.2, 0) is 0 Å². The molecular weight excluding hydrogens is 172 g/mol. The minimum atomic E-state index is 0.344. The zero-order chi connectivity index (χ0) is 7.97. The van der Waals surface area contributed by atoms with E-state index in [1.165, 1.54) is 10.1 Å². The van der Waals surface area contributed by atoms with Crippen LogP contribution in [0.2, 0.25) is 0 Å². The molecule has 2 nitrogen and oxygen atoms in total. The number of fused-ring (bicyclic) bond motifs is 2. The van der Waals surface area contributed by atoms with Gasteiger partial charge in [-0.2, -0.15) is 0 Å². The van der Waals surface area contributed by atoms with E-state index in [4.69, 9.17) is 9.47 Å². The molecular formula is C9H5O2S. The first-order valence-electron chi connectivity index (χ1n) is 3.63. The highest BCUT2D eigenvalue weighted by molar-refractivity contribution is 7.16. The minimum Gasteiger partial charge on any atom is -0.454 e. The minimum absolute atomic E-state index is 0.344. The van der Waals surface area contributed by atoms with Gasteiger partial charge in [-0.15, -0.1) is 11.3 Å². The van der Waals surface area contributed by atoms with Gasteiger partial charge in [0.25, 0.3) is 0 Å². The zero-order valence-corrected chi connectivity index (χ0v) is 6.98. The van der Waals surface area contributed by atoms with Gasteiger partial charge < -0.3 is 9.47 Å². The highest BCUT2D eigenvalue weighted by Crippen LogP contribution is 2.37. The Balaban J connectivity index is 2.38. The Morgan fingerprint density at radius 1 is 1.25 bits per heavy atom. The average Bonchev–Trinajstić information content (AvgIpc) is 2.64. The van der Waals surface area contributed by atoms with Gasteiger partial charge in [0.1, 0.15) is 0 Å². The summed E-state index contributed by atoms with van der Waals surface area (Å²) in [5.74, 6) is 1.69. The molecule has 0 aliphatic carbocycles. The molecule has 0 unspecified atom stereocenters. The molecule has 1 aromatic carbocycles. The van der Waals surface area contributed by atoms with Crippen molar-refractivity contribution >= 4 is 21.4 Å². The number of benzene rings is 1. The molecule has 0 spiro atoms. The Bertz CT molecular complexity index is 395. The first-order chi connectivity index (χ1) is 5.93. The molecule has 0 atom stereocenters. The largest absolute Gasteiger partial charge is 0.454 e. The summed E-state index contributed by atoms with van der Waals surface area (Å²) >= 11 is 1.59. The second kappa shape index (κ2) is 2.14. The molecule has 3 rings (SSSR count). The van der Waals surface area contributed by atoms with Crippen LogP contribution in [0, 0.1) is 5.38 Å². The van der Waals surface area contributed by atoms with E-state index in [1.54, 1.807) is 11.3 Å². The maximum Gasteiger partial charge on any atom is 0.231 e. The van der Waals surface area contributed by atoms with E-state index in [1.807, 2.05) is 18.2 Å². The van der Waals surface area contributed by atoms with Crippen molar-refractivity contribution in [3.63, 3.8) is 0 Å². The van der Waals surface area contributed by atoms with Crippen molar-refractivity contribution in [2.75, 3.05) is 6.79 Å². The van der Waals surface area contributed by atoms with Gasteiger partial charge in [-0.25, -0.2) is 0 Å². The molecule has 2 aromatic rings. The lowest BCUT2D eigenvalue weighted by molar-refractivity contribution is 0.174. The molecule has 0 saturated carbocycles. The Kier molecular flexibility index (Phi) is 1.12. The molecule has 1 aliphatic rings. The normalized spacial score (nSPS) is 14.0. The lowest BCUT2D eigenvalue weighted by Crippen LogP contribution is -1.92. The third-order valence-electron chi connectivity index (χ3n) is 1.89. The predicted molar refractivity (Wildman–Crippen MR) is 46.8 cm³/mol. The molecule has 0 saturated heterocycles. The molecule has 0 bridgehead atoms. The number of ether oxygens (including phenoxy) is 2. The van der Waals surface area contributed by atoms with Gasteiger partial charge >= 0.3 is 0 Å². The molecule has 12 heavy (non-hydrogen) atoms. The Hall–Kier alpha value is -1.22. The second-order valence-corrected chi connectivity index (χ2v) is 3.49. The maximum atomic E-state index is 5.25. The molecule has 2 heterocycles. The molecule has 3 heteroatoms. The summed E-state index contributed by atoms with van der Waals surface area (Å²) in [4.78, 5) is 0. The predicted octanol–water partition coefficient (Wildman–Crippen LogP) is 2.43. The molecule has 1 radical (unpaired) electrons. The Morgan fingerprint density at radius 2 is 2.08 bits per heavy atom. The molecule has 59 valence electrons. The van der Waals surface area contributed by atoms with Crippen LogP contribution < -0.4 is 9.47 Å². The summed E-state index contributed by atoms with van der Waals surface area (Å²) in [6.07, 6.45) is 0. The van der Waals surface area contributed by atoms with Gasteiger partial charge in [0, 0.05) is 16.1 Å². The lowest BCUT2D eigenvalue weighted by Gasteiger charge is -1.94. The van der Waals surface area contributed by atoms with Crippen LogP contribution in [0.1, 0.15) is 0 Å². The molecule has 1 aliphatic heterocycles. The third kappa shape index (κ3) is 0.741. The van der Waals surface area contributed by atoms with Crippen LogP contribution in [0.3, 0.4) is 0 Å². The molecule has 0 N–H and O–H groups in total. The maximum absolute atomic E-state index is 5.25. The standard InChI is InChI=1S/C9H5O2S/c1-2-12-9-4-8-7(3-6(1)9)10-5-11-8/h1,3-4H,5H2. The van der Waals surface area contributed by atoms with E-state index < -0.39 is 0 Å². The van der Waals surface area contributed by atoms with Crippen molar-refractivity contribution in [3.05, 3.63) is 23.6 Å². The van der Waals surface area contributed by atoms with Crippen LogP contribution in [0.25, 0.3) is 10.1 Å². The summed E-state index contributed by atoms with van der Waals surface area (Å²) in [5, 5.41) is 4.24. The van der Waals surface area contributed by atoms with Gasteiger partial charge in [0.2, 0.25) is 6.79 Å². The van der Waals surface area contributed by atoms with Crippen molar-refractivity contribution in [2.24, 2.45) is 0 Å². The molecule has 0 fully saturated rings. The van der Waals surface area contributed by atoms with E-state index in [9.17, 15) is 0 Å². The second-order valence-electron chi connectivity index (χ2n) is 2.61. The SMILES string of the molecule is [c]1cc2cc3c(cc2s1)OCO3. The summed E-state index contributed by atoms with van der Waals surface area (Å²) in [7, 11) is 0. The van der Waals surface area contributed by atoms with Crippen molar-refractivity contribution in [3.8, 4) is 11.5 Å². The number of hydrogen-bond donors (Lipinski definition) is 0. The van der Waals surface area contributed by atoms with Crippen molar-refractivity contribution in [2.45, 2.75) is 0 Å². The van der Waals surface area contributed by atoms with Crippen LogP contribution in [0.4, 0.5) is 0 Å². The van der Waals surface area contributed by atoms with E-state index in [0.717, 1.165) is 11.5 Å². The summed E-state index contributed by atoms with van der Waals surface area (Å²) < 4.78 is 11.7. The van der Waals surface area contributed by atoms with E-state index in [0.29, 0.717) is 6.79 Å². The van der Waals surface area contributed by atoms with Crippen LogP contribution >= 0.6 is 11.3 Å². The topological polar surface area (TPSA) is 18.5 Å². The van der Waals surface area contributed by atoms with Gasteiger partial charge in [-0.1, -0.05) is 0 Å². The highest BCUT2D eigenvalue weighted by Gasteiger charge is 2.13. The summed E-state index contributed by atoms with van der Waals surface area (Å²) in [5.41, 5.74) is 0. The van der Waals surface area contributed by atoms with Crippen LogP contribution in [0.15, 0.2) is 18.2 Å². The quantitative estimate of drug-likeness (QED) is 0.615. The third-order valence-corrected chi connectivity index (χ3v) is 2.70. The van der Waals surface area contributed by atoms with Crippen molar-refractivity contribution in [1.82, 2.24) is 0 Å². The lowest BCUT2D eigenvalue weighted by atomic mass is 10.2. The first-order valence-corrected chi connectivity index (χ1v) is 4.44. The van der Waals surface area contributed by atoms with Crippen LogP contribution in [-0.4, -0.2) is 6.79 Å². The number of hydrogen-bond acceptors (Lipinski definition) is 3. The van der Waals surface area contributed by atoms with Crippen molar-refractivity contribution in [1.29, 1.82) is 0 Å². The van der Waals surface area contributed by atoms with Crippen molar-refractivity contribution < 1.29 is 9.47 Å². The fourth-order valence-corrected chi connectivity index (χ4v) is 2.01. The average molecular weight is 177 g/mol. The van der Waals surface area contributed by atoms with Gasteiger partial charge in [0.15, 0.2) is 11.5 Å². The monoisotopic (exact) mass is 177 g/mol. The first kappa shape index (κ1) is 6.31.